The van der Waals surface area contributed by atoms with Crippen molar-refractivity contribution in [3.63, 3.8) is 0 Å². The minimum atomic E-state index is -0.356. The average Bonchev–Trinajstić information content (AvgIpc) is 2.56. The summed E-state index contributed by atoms with van der Waals surface area (Å²) >= 11 is 5.53. The van der Waals surface area contributed by atoms with E-state index in [2.05, 4.69) is 15.1 Å². The number of aromatic nitrogens is 4. The highest BCUT2D eigenvalue weighted by Gasteiger charge is 1.99. The van der Waals surface area contributed by atoms with Crippen molar-refractivity contribution in [2.75, 3.05) is 0 Å². The number of pyridine rings is 1. The molecular formula is C8H6ClFN4. The van der Waals surface area contributed by atoms with Gasteiger partial charge in [0.2, 0.25) is 5.28 Å². The number of nitrogens with zero attached hydrogens (tertiary/aromatic N) is 4. The number of rotatable bonds is 2. The molecule has 0 saturated heterocycles. The maximum Gasteiger partial charge on any atom is 0.242 e. The second-order valence-electron chi connectivity index (χ2n) is 2.68. The molecule has 72 valence electrons. The van der Waals surface area contributed by atoms with Crippen molar-refractivity contribution in [2.24, 2.45) is 0 Å². The van der Waals surface area contributed by atoms with Gasteiger partial charge in [-0.2, -0.15) is 0 Å². The molecule has 0 fully saturated rings. The highest BCUT2D eigenvalue weighted by atomic mass is 35.5. The molecule has 2 aromatic rings. The standard InChI is InChI=1S/C8H6ClFN4/c9-8-12-5-14(13-8)4-7-2-1-6(10)3-11-7/h1-3,5H,4H2. The molecule has 2 rings (SSSR count). The Balaban J connectivity index is 2.15. The van der Waals surface area contributed by atoms with Crippen molar-refractivity contribution in [3.8, 4) is 0 Å². The third kappa shape index (κ3) is 2.05. The second kappa shape index (κ2) is 3.71. The van der Waals surface area contributed by atoms with E-state index in [-0.39, 0.29) is 11.1 Å². The highest BCUT2D eigenvalue weighted by Crippen LogP contribution is 2.02. The molecule has 0 unspecified atom stereocenters. The van der Waals surface area contributed by atoms with Gasteiger partial charge in [0.05, 0.1) is 18.4 Å². The van der Waals surface area contributed by atoms with Crippen LogP contribution in [0.3, 0.4) is 0 Å². The maximum absolute atomic E-state index is 12.5. The van der Waals surface area contributed by atoms with Crippen molar-refractivity contribution in [1.29, 1.82) is 0 Å². The zero-order valence-corrected chi connectivity index (χ0v) is 7.82. The van der Waals surface area contributed by atoms with Gasteiger partial charge in [0.25, 0.3) is 0 Å². The van der Waals surface area contributed by atoms with Gasteiger partial charge in [-0.3, -0.25) is 4.98 Å². The molecule has 0 atom stereocenters. The first-order chi connectivity index (χ1) is 6.74. The predicted octanol–water partition coefficient (Wildman–Crippen LogP) is 1.51. The molecule has 2 aromatic heterocycles. The fourth-order valence-electron chi connectivity index (χ4n) is 1.01. The molecule has 2 heterocycles. The summed E-state index contributed by atoms with van der Waals surface area (Å²) in [6, 6.07) is 2.94. The average molecular weight is 213 g/mol. The van der Waals surface area contributed by atoms with Crippen molar-refractivity contribution in [1.82, 2.24) is 19.7 Å². The van der Waals surface area contributed by atoms with E-state index in [1.807, 2.05) is 0 Å². The summed E-state index contributed by atoms with van der Waals surface area (Å²) in [5, 5.41) is 4.05. The van der Waals surface area contributed by atoms with Gasteiger partial charge in [-0.05, 0) is 23.7 Å². The molecule has 0 N–H and O–H groups in total. The normalized spacial score (nSPS) is 10.4. The quantitative estimate of drug-likeness (QED) is 0.758. The van der Waals surface area contributed by atoms with Crippen LogP contribution < -0.4 is 0 Å². The van der Waals surface area contributed by atoms with Crippen LogP contribution in [0.2, 0.25) is 5.28 Å². The minimum Gasteiger partial charge on any atom is -0.256 e. The molecule has 0 bridgehead atoms. The van der Waals surface area contributed by atoms with Gasteiger partial charge in [-0.25, -0.2) is 14.1 Å². The summed E-state index contributed by atoms with van der Waals surface area (Å²) in [7, 11) is 0. The first-order valence-electron chi connectivity index (χ1n) is 3.89. The van der Waals surface area contributed by atoms with E-state index in [1.54, 1.807) is 6.07 Å². The molecular weight excluding hydrogens is 207 g/mol. The Kier molecular flexibility index (Phi) is 2.41. The van der Waals surface area contributed by atoms with E-state index in [0.717, 1.165) is 6.20 Å². The Morgan fingerprint density at radius 1 is 1.36 bits per heavy atom. The summed E-state index contributed by atoms with van der Waals surface area (Å²) in [5.74, 6) is -0.356. The van der Waals surface area contributed by atoms with Crippen LogP contribution in [-0.2, 0) is 6.54 Å². The molecule has 0 aliphatic rings. The molecule has 0 amide bonds. The number of hydrogen-bond donors (Lipinski definition) is 0. The van der Waals surface area contributed by atoms with Crippen molar-refractivity contribution in [2.45, 2.75) is 6.54 Å². The SMILES string of the molecule is Fc1ccc(Cn2cnc(Cl)n2)nc1. The topological polar surface area (TPSA) is 43.6 Å². The maximum atomic E-state index is 12.5. The van der Waals surface area contributed by atoms with Gasteiger partial charge in [0.1, 0.15) is 12.1 Å². The third-order valence-electron chi connectivity index (χ3n) is 1.62. The van der Waals surface area contributed by atoms with Gasteiger partial charge < -0.3 is 0 Å². The molecule has 4 nitrogen and oxygen atoms in total. The molecule has 0 aromatic carbocycles. The lowest BCUT2D eigenvalue weighted by molar-refractivity contribution is 0.612. The Hall–Kier alpha value is -1.49. The van der Waals surface area contributed by atoms with Gasteiger partial charge >= 0.3 is 0 Å². The second-order valence-corrected chi connectivity index (χ2v) is 3.02. The fraction of sp³-hybridized carbons (Fsp3) is 0.125. The third-order valence-corrected chi connectivity index (χ3v) is 1.79. The van der Waals surface area contributed by atoms with E-state index in [1.165, 1.54) is 17.1 Å². The largest absolute Gasteiger partial charge is 0.256 e. The Labute approximate surface area is 84.4 Å². The highest BCUT2D eigenvalue weighted by molar-refractivity contribution is 6.28. The molecule has 0 aliphatic carbocycles. The van der Waals surface area contributed by atoms with Crippen LogP contribution in [-0.4, -0.2) is 19.7 Å². The monoisotopic (exact) mass is 212 g/mol. The summed E-state index contributed by atoms with van der Waals surface area (Å²) in [4.78, 5) is 7.62. The lowest BCUT2D eigenvalue weighted by Crippen LogP contribution is -2.02. The van der Waals surface area contributed by atoms with Gasteiger partial charge in [0, 0.05) is 0 Å². The van der Waals surface area contributed by atoms with Crippen molar-refractivity contribution >= 4 is 11.6 Å². The summed E-state index contributed by atoms with van der Waals surface area (Å²) in [5.41, 5.74) is 0.702. The van der Waals surface area contributed by atoms with Gasteiger partial charge in [0.15, 0.2) is 0 Å². The zero-order valence-electron chi connectivity index (χ0n) is 7.06. The van der Waals surface area contributed by atoms with E-state index >= 15 is 0 Å². The Morgan fingerprint density at radius 3 is 2.79 bits per heavy atom. The van der Waals surface area contributed by atoms with Crippen LogP contribution in [0.1, 0.15) is 5.69 Å². The van der Waals surface area contributed by atoms with Crippen LogP contribution >= 0.6 is 11.6 Å². The van der Waals surface area contributed by atoms with Crippen LogP contribution in [0.15, 0.2) is 24.7 Å². The summed E-state index contributed by atoms with van der Waals surface area (Å²) in [6.07, 6.45) is 2.65. The predicted molar refractivity (Wildman–Crippen MR) is 48.3 cm³/mol. The molecule has 0 spiro atoms. The summed E-state index contributed by atoms with van der Waals surface area (Å²) in [6.45, 7) is 0.431. The van der Waals surface area contributed by atoms with E-state index in [9.17, 15) is 4.39 Å². The minimum absolute atomic E-state index is 0.187. The first-order valence-corrected chi connectivity index (χ1v) is 4.27. The van der Waals surface area contributed by atoms with E-state index < -0.39 is 0 Å². The van der Waals surface area contributed by atoms with Gasteiger partial charge in [-0.15, -0.1) is 5.10 Å². The van der Waals surface area contributed by atoms with Crippen molar-refractivity contribution < 1.29 is 4.39 Å². The van der Waals surface area contributed by atoms with Crippen LogP contribution in [0.25, 0.3) is 0 Å². The van der Waals surface area contributed by atoms with Crippen LogP contribution in [0, 0.1) is 5.82 Å². The first kappa shape index (κ1) is 9.08. The Morgan fingerprint density at radius 2 is 2.21 bits per heavy atom. The van der Waals surface area contributed by atoms with Crippen molar-refractivity contribution in [3.05, 3.63) is 41.5 Å². The number of hydrogen-bond acceptors (Lipinski definition) is 3. The lowest BCUT2D eigenvalue weighted by Gasteiger charge is -1.98. The lowest BCUT2D eigenvalue weighted by atomic mass is 10.3. The van der Waals surface area contributed by atoms with Crippen LogP contribution in [0.4, 0.5) is 4.39 Å². The molecule has 14 heavy (non-hydrogen) atoms. The molecule has 6 heteroatoms. The fourth-order valence-corrected chi connectivity index (χ4v) is 1.15. The van der Waals surface area contributed by atoms with Gasteiger partial charge in [-0.1, -0.05) is 0 Å². The molecule has 0 aliphatic heterocycles. The Bertz CT molecular complexity index is 425. The zero-order chi connectivity index (χ0) is 9.97. The smallest absolute Gasteiger partial charge is 0.242 e. The number of halogens is 2. The molecule has 0 saturated carbocycles. The summed E-state index contributed by atoms with van der Waals surface area (Å²) < 4.78 is 14.0. The van der Waals surface area contributed by atoms with E-state index in [4.69, 9.17) is 11.6 Å². The van der Waals surface area contributed by atoms with E-state index in [0.29, 0.717) is 12.2 Å². The van der Waals surface area contributed by atoms with Crippen LogP contribution in [0.5, 0.6) is 0 Å². The molecule has 0 radical (unpaired) electrons.